The number of carboxylic acids is 1. The summed E-state index contributed by atoms with van der Waals surface area (Å²) in [5.74, 6) is -1.14. The molecule has 0 aliphatic rings. The maximum atomic E-state index is 12.9. The van der Waals surface area contributed by atoms with Crippen molar-refractivity contribution in [3.63, 3.8) is 0 Å². The molecule has 0 bridgehead atoms. The molecule has 1 aromatic heterocycles. The fourth-order valence-corrected chi connectivity index (χ4v) is 4.57. The highest BCUT2D eigenvalue weighted by Crippen LogP contribution is 2.30. The van der Waals surface area contributed by atoms with Crippen LogP contribution in [-0.4, -0.2) is 36.2 Å². The van der Waals surface area contributed by atoms with Crippen molar-refractivity contribution in [3.05, 3.63) is 64.8 Å². The zero-order valence-electron chi connectivity index (χ0n) is 15.3. The van der Waals surface area contributed by atoms with Crippen molar-refractivity contribution >= 4 is 51.1 Å². The first kappa shape index (κ1) is 20.6. The largest absolute Gasteiger partial charge is 0.478 e. The van der Waals surface area contributed by atoms with E-state index in [1.807, 2.05) is 0 Å². The van der Waals surface area contributed by atoms with Crippen molar-refractivity contribution in [2.45, 2.75) is 17.6 Å². The number of rotatable bonds is 7. The molecule has 0 amide bonds. The van der Waals surface area contributed by atoms with Crippen LogP contribution in [-0.2, 0) is 20.4 Å². The summed E-state index contributed by atoms with van der Waals surface area (Å²) in [6.45, 7) is 4.79. The van der Waals surface area contributed by atoms with Gasteiger partial charge in [-0.15, -0.1) is 0 Å². The molecule has 0 aliphatic heterocycles. The van der Waals surface area contributed by atoms with E-state index in [9.17, 15) is 13.2 Å². The van der Waals surface area contributed by atoms with Gasteiger partial charge < -0.3 is 10.1 Å². The molecule has 2 aromatic carbocycles. The van der Waals surface area contributed by atoms with E-state index in [4.69, 9.17) is 16.7 Å². The van der Waals surface area contributed by atoms with E-state index in [-0.39, 0.29) is 27.2 Å². The summed E-state index contributed by atoms with van der Waals surface area (Å²) in [5.41, 5.74) is 1.47. The van der Waals surface area contributed by atoms with E-state index in [1.54, 1.807) is 30.3 Å². The van der Waals surface area contributed by atoms with Gasteiger partial charge in [-0.2, -0.15) is 5.10 Å². The SMILES string of the molecule is C=NN(/C=C(\C)C(=O)O)c1nc2cc(Cl)c(S(=O)(=O)Cc3ccccc3)cc2[nH]1. The summed E-state index contributed by atoms with van der Waals surface area (Å²) in [4.78, 5) is 18.2. The van der Waals surface area contributed by atoms with E-state index < -0.39 is 15.8 Å². The van der Waals surface area contributed by atoms with Crippen molar-refractivity contribution in [2.75, 3.05) is 5.01 Å². The van der Waals surface area contributed by atoms with Crippen LogP contribution in [0.25, 0.3) is 11.0 Å². The Morgan fingerprint density at radius 2 is 2.03 bits per heavy atom. The van der Waals surface area contributed by atoms with Gasteiger partial charge in [0.1, 0.15) is 0 Å². The number of aromatic amines is 1. The molecule has 0 fully saturated rings. The van der Waals surface area contributed by atoms with Crippen LogP contribution in [0.3, 0.4) is 0 Å². The Hall–Kier alpha value is -3.17. The highest BCUT2D eigenvalue weighted by Gasteiger charge is 2.21. The Kier molecular flexibility index (Phi) is 5.71. The quantitative estimate of drug-likeness (QED) is 0.335. The summed E-state index contributed by atoms with van der Waals surface area (Å²) in [7, 11) is -3.70. The van der Waals surface area contributed by atoms with Crippen molar-refractivity contribution < 1.29 is 18.3 Å². The van der Waals surface area contributed by atoms with Gasteiger partial charge in [0.25, 0.3) is 0 Å². The standard InChI is InChI=1S/C19H17ClN4O4S/c1-12(18(25)26)10-24(21-2)19-22-15-8-14(20)17(9-16(15)23-19)29(27,28)11-13-6-4-3-5-7-13/h3-10H,2,11H2,1H3,(H,22,23)(H,25,26)/b12-10+. The lowest BCUT2D eigenvalue weighted by atomic mass is 10.2. The number of nitrogens with zero attached hydrogens (tertiary/aromatic N) is 3. The Morgan fingerprint density at radius 1 is 1.34 bits per heavy atom. The molecular weight excluding hydrogens is 416 g/mol. The number of carboxylic acid groups (broad SMARTS) is 1. The van der Waals surface area contributed by atoms with Crippen molar-refractivity contribution in [2.24, 2.45) is 5.10 Å². The Morgan fingerprint density at radius 3 is 2.66 bits per heavy atom. The van der Waals surface area contributed by atoms with Gasteiger partial charge in [-0.3, -0.25) is 0 Å². The summed E-state index contributed by atoms with van der Waals surface area (Å²) in [6.07, 6.45) is 1.24. The predicted molar refractivity (Wildman–Crippen MR) is 112 cm³/mol. The van der Waals surface area contributed by atoms with Crippen LogP contribution in [0.5, 0.6) is 0 Å². The first-order valence-electron chi connectivity index (χ1n) is 8.35. The summed E-state index contributed by atoms with van der Waals surface area (Å²) < 4.78 is 25.7. The minimum absolute atomic E-state index is 0.0158. The first-order valence-corrected chi connectivity index (χ1v) is 10.4. The Labute approximate surface area is 172 Å². The van der Waals surface area contributed by atoms with E-state index in [0.717, 1.165) is 5.01 Å². The predicted octanol–water partition coefficient (Wildman–Crippen LogP) is 3.60. The second-order valence-corrected chi connectivity index (χ2v) is 8.57. The number of aromatic nitrogens is 2. The van der Waals surface area contributed by atoms with E-state index in [1.165, 1.54) is 25.3 Å². The summed E-state index contributed by atoms with van der Waals surface area (Å²) >= 11 is 6.23. The van der Waals surface area contributed by atoms with Gasteiger partial charge in [0.05, 0.1) is 32.3 Å². The molecule has 2 N–H and O–H groups in total. The van der Waals surface area contributed by atoms with Crippen LogP contribution in [0.15, 0.2) is 64.2 Å². The summed E-state index contributed by atoms with van der Waals surface area (Å²) in [5, 5.41) is 13.9. The lowest BCUT2D eigenvalue weighted by Gasteiger charge is -2.09. The number of sulfone groups is 1. The van der Waals surface area contributed by atoms with Crippen LogP contribution in [0.4, 0.5) is 5.95 Å². The molecule has 3 aromatic rings. The number of fused-ring (bicyclic) bond motifs is 1. The second kappa shape index (κ2) is 8.06. The van der Waals surface area contributed by atoms with E-state index >= 15 is 0 Å². The molecule has 150 valence electrons. The number of nitrogens with one attached hydrogen (secondary N) is 1. The maximum Gasteiger partial charge on any atom is 0.332 e. The van der Waals surface area contributed by atoms with Crippen molar-refractivity contribution in [3.8, 4) is 0 Å². The first-order chi connectivity index (χ1) is 13.7. The molecule has 0 radical (unpaired) electrons. The normalized spacial score (nSPS) is 12.1. The lowest BCUT2D eigenvalue weighted by molar-refractivity contribution is -0.132. The zero-order valence-corrected chi connectivity index (χ0v) is 16.9. The number of anilines is 1. The summed E-state index contributed by atoms with van der Waals surface area (Å²) in [6, 6.07) is 11.6. The van der Waals surface area contributed by atoms with Gasteiger partial charge in [0.15, 0.2) is 9.84 Å². The van der Waals surface area contributed by atoms with Gasteiger partial charge in [0, 0.05) is 12.9 Å². The van der Waals surface area contributed by atoms with Gasteiger partial charge in [-0.1, -0.05) is 41.9 Å². The highest BCUT2D eigenvalue weighted by atomic mass is 35.5. The van der Waals surface area contributed by atoms with Gasteiger partial charge in [-0.05, 0) is 24.6 Å². The van der Waals surface area contributed by atoms with Crippen LogP contribution in [0, 0.1) is 0 Å². The van der Waals surface area contributed by atoms with Gasteiger partial charge >= 0.3 is 5.97 Å². The smallest absolute Gasteiger partial charge is 0.332 e. The average molecular weight is 433 g/mol. The molecule has 0 saturated carbocycles. The second-order valence-electron chi connectivity index (χ2n) is 6.21. The number of halogens is 1. The number of benzene rings is 2. The van der Waals surface area contributed by atoms with Gasteiger partial charge in [-0.25, -0.2) is 23.2 Å². The number of H-pyrrole nitrogens is 1. The number of hydrazone groups is 1. The maximum absolute atomic E-state index is 12.9. The number of hydrogen-bond donors (Lipinski definition) is 2. The van der Waals surface area contributed by atoms with Gasteiger partial charge in [0.2, 0.25) is 5.95 Å². The number of imidazole rings is 1. The van der Waals surface area contributed by atoms with Crippen molar-refractivity contribution in [1.82, 2.24) is 9.97 Å². The third-order valence-electron chi connectivity index (χ3n) is 4.08. The lowest BCUT2D eigenvalue weighted by Crippen LogP contribution is -2.11. The number of aliphatic carboxylic acids is 1. The zero-order chi connectivity index (χ0) is 21.2. The minimum atomic E-state index is -3.70. The topological polar surface area (TPSA) is 116 Å². The molecule has 10 heteroatoms. The molecule has 0 spiro atoms. The molecule has 0 aliphatic carbocycles. The number of carbonyl (C=O) groups is 1. The average Bonchev–Trinajstić information content (AvgIpc) is 3.08. The number of hydrogen-bond acceptors (Lipinski definition) is 6. The highest BCUT2D eigenvalue weighted by molar-refractivity contribution is 7.90. The molecule has 3 rings (SSSR count). The van der Waals surface area contributed by atoms with Crippen LogP contribution >= 0.6 is 11.6 Å². The Balaban J connectivity index is 2.02. The van der Waals surface area contributed by atoms with E-state index in [2.05, 4.69) is 21.8 Å². The molecule has 0 unspecified atom stereocenters. The molecule has 29 heavy (non-hydrogen) atoms. The molecule has 0 atom stereocenters. The third-order valence-corrected chi connectivity index (χ3v) is 6.23. The fraction of sp³-hybridized carbons (Fsp3) is 0.105. The molecule has 0 saturated heterocycles. The molecular formula is C19H17ClN4O4S. The van der Waals surface area contributed by atoms with Crippen LogP contribution < -0.4 is 5.01 Å². The third kappa shape index (κ3) is 4.47. The Bertz CT molecular complexity index is 1220. The molecule has 1 heterocycles. The molecule has 8 nitrogen and oxygen atoms in total. The fourth-order valence-electron chi connectivity index (χ4n) is 2.62. The van der Waals surface area contributed by atoms with Crippen LogP contribution in [0.2, 0.25) is 5.02 Å². The minimum Gasteiger partial charge on any atom is -0.478 e. The van der Waals surface area contributed by atoms with Crippen molar-refractivity contribution in [1.29, 1.82) is 0 Å². The monoisotopic (exact) mass is 432 g/mol. The van der Waals surface area contributed by atoms with Crippen LogP contribution in [0.1, 0.15) is 12.5 Å². The van der Waals surface area contributed by atoms with E-state index in [0.29, 0.717) is 16.6 Å².